The third-order valence-electron chi connectivity index (χ3n) is 2.91. The number of alkyl halides is 3. The van der Waals surface area contributed by atoms with Crippen LogP contribution in [-0.4, -0.2) is 6.03 Å². The zero-order valence-electron chi connectivity index (χ0n) is 11.5. The van der Waals surface area contributed by atoms with E-state index in [1.807, 2.05) is 0 Å². The predicted molar refractivity (Wildman–Crippen MR) is 83.8 cm³/mol. The Hall–Kier alpha value is -1.92. The van der Waals surface area contributed by atoms with Crippen LogP contribution in [0.1, 0.15) is 11.1 Å². The van der Waals surface area contributed by atoms with E-state index >= 15 is 0 Å². The Balaban J connectivity index is 2.01. The van der Waals surface area contributed by atoms with Gasteiger partial charge < -0.3 is 10.6 Å². The normalized spacial score (nSPS) is 11.2. The number of hydrogen-bond acceptors (Lipinski definition) is 1. The van der Waals surface area contributed by atoms with Gasteiger partial charge in [-0.1, -0.05) is 35.3 Å². The van der Waals surface area contributed by atoms with Gasteiger partial charge in [-0.05, 0) is 35.9 Å². The van der Waals surface area contributed by atoms with E-state index in [1.165, 1.54) is 0 Å². The van der Waals surface area contributed by atoms with Gasteiger partial charge >= 0.3 is 12.2 Å². The van der Waals surface area contributed by atoms with Crippen LogP contribution in [0.3, 0.4) is 0 Å². The number of anilines is 1. The Labute approximate surface area is 140 Å². The Kier molecular flexibility index (Phi) is 5.38. The first kappa shape index (κ1) is 17.4. The summed E-state index contributed by atoms with van der Waals surface area (Å²) >= 11 is 11.5. The summed E-state index contributed by atoms with van der Waals surface area (Å²) in [6, 6.07) is 8.82. The molecule has 0 heterocycles. The fourth-order valence-electron chi connectivity index (χ4n) is 1.75. The van der Waals surface area contributed by atoms with Gasteiger partial charge in [-0.3, -0.25) is 0 Å². The molecule has 2 N–H and O–H groups in total. The first-order valence-electron chi connectivity index (χ1n) is 6.42. The highest BCUT2D eigenvalue weighted by Crippen LogP contribution is 2.33. The van der Waals surface area contributed by atoms with Crippen molar-refractivity contribution in [2.45, 2.75) is 12.7 Å². The molecule has 0 saturated heterocycles. The van der Waals surface area contributed by atoms with Gasteiger partial charge in [0.25, 0.3) is 0 Å². The predicted octanol–water partition coefficient (Wildman–Crippen LogP) is 5.33. The van der Waals surface area contributed by atoms with E-state index in [4.69, 9.17) is 23.2 Å². The Morgan fingerprint density at radius 1 is 1.04 bits per heavy atom. The molecule has 0 aliphatic heterocycles. The maximum absolute atomic E-state index is 12.7. The quantitative estimate of drug-likeness (QED) is 0.760. The van der Waals surface area contributed by atoms with Gasteiger partial charge in [-0.2, -0.15) is 13.2 Å². The summed E-state index contributed by atoms with van der Waals surface area (Å²) in [7, 11) is 0. The number of benzene rings is 2. The summed E-state index contributed by atoms with van der Waals surface area (Å²) in [4.78, 5) is 11.8. The minimum absolute atomic E-state index is 0.0136. The highest BCUT2D eigenvalue weighted by molar-refractivity contribution is 6.33. The second-order valence-electron chi connectivity index (χ2n) is 4.63. The highest BCUT2D eigenvalue weighted by atomic mass is 35.5. The zero-order chi connectivity index (χ0) is 17.0. The van der Waals surface area contributed by atoms with Crippen LogP contribution >= 0.6 is 23.2 Å². The van der Waals surface area contributed by atoms with Gasteiger partial charge in [-0.15, -0.1) is 0 Å². The number of halogens is 5. The lowest BCUT2D eigenvalue weighted by Gasteiger charge is -2.12. The zero-order valence-corrected chi connectivity index (χ0v) is 13.1. The SMILES string of the molecule is O=C(NCc1ccc(Cl)cc1)Nc1cc(C(F)(F)F)ccc1Cl. The molecule has 0 saturated carbocycles. The van der Waals surface area contributed by atoms with Crippen LogP contribution in [0.4, 0.5) is 23.7 Å². The molecule has 23 heavy (non-hydrogen) atoms. The van der Waals surface area contributed by atoms with Crippen LogP contribution in [0.2, 0.25) is 10.0 Å². The van der Waals surface area contributed by atoms with E-state index in [2.05, 4.69) is 10.6 Å². The van der Waals surface area contributed by atoms with Crippen molar-refractivity contribution in [3.05, 3.63) is 63.6 Å². The largest absolute Gasteiger partial charge is 0.416 e. The topological polar surface area (TPSA) is 41.1 Å². The van der Waals surface area contributed by atoms with Gasteiger partial charge in [0.05, 0.1) is 16.3 Å². The summed E-state index contributed by atoms with van der Waals surface area (Å²) in [6.45, 7) is 0.194. The van der Waals surface area contributed by atoms with Crippen molar-refractivity contribution in [3.8, 4) is 0 Å². The molecule has 0 unspecified atom stereocenters. The Morgan fingerprint density at radius 2 is 1.70 bits per heavy atom. The fraction of sp³-hybridized carbons (Fsp3) is 0.133. The summed E-state index contributed by atoms with van der Waals surface area (Å²) in [5.74, 6) is 0. The van der Waals surface area contributed by atoms with Gasteiger partial charge in [0.1, 0.15) is 0 Å². The smallest absolute Gasteiger partial charge is 0.334 e. The van der Waals surface area contributed by atoms with E-state index in [0.717, 1.165) is 23.8 Å². The minimum atomic E-state index is -4.51. The lowest BCUT2D eigenvalue weighted by Crippen LogP contribution is -2.28. The molecule has 0 atom stereocenters. The molecule has 2 amide bonds. The number of hydrogen-bond donors (Lipinski definition) is 2. The van der Waals surface area contributed by atoms with E-state index in [1.54, 1.807) is 24.3 Å². The second kappa shape index (κ2) is 7.10. The molecule has 0 aliphatic carbocycles. The maximum atomic E-state index is 12.7. The molecular formula is C15H11Cl2F3N2O. The van der Waals surface area contributed by atoms with E-state index in [0.29, 0.717) is 5.02 Å². The molecule has 8 heteroatoms. The van der Waals surface area contributed by atoms with Gasteiger partial charge in [-0.25, -0.2) is 4.79 Å². The van der Waals surface area contributed by atoms with Gasteiger partial charge in [0.2, 0.25) is 0 Å². The molecule has 2 aromatic rings. The molecule has 0 fully saturated rings. The van der Waals surface area contributed by atoms with Crippen molar-refractivity contribution in [3.63, 3.8) is 0 Å². The Bertz CT molecular complexity index is 703. The minimum Gasteiger partial charge on any atom is -0.334 e. The fourth-order valence-corrected chi connectivity index (χ4v) is 2.04. The lowest BCUT2D eigenvalue weighted by atomic mass is 10.2. The summed E-state index contributed by atoms with van der Waals surface area (Å²) in [6.07, 6.45) is -4.51. The summed E-state index contributed by atoms with van der Waals surface area (Å²) < 4.78 is 38.0. The lowest BCUT2D eigenvalue weighted by molar-refractivity contribution is -0.137. The van der Waals surface area contributed by atoms with Crippen molar-refractivity contribution in [2.24, 2.45) is 0 Å². The number of amides is 2. The molecule has 0 bridgehead atoms. The van der Waals surface area contributed by atoms with Crippen LogP contribution in [0.5, 0.6) is 0 Å². The number of carbonyl (C=O) groups excluding carboxylic acids is 1. The van der Waals surface area contributed by atoms with Crippen molar-refractivity contribution in [2.75, 3.05) is 5.32 Å². The van der Waals surface area contributed by atoms with Crippen molar-refractivity contribution >= 4 is 34.9 Å². The third-order valence-corrected chi connectivity index (χ3v) is 3.49. The van der Waals surface area contributed by atoms with Crippen LogP contribution in [0.15, 0.2) is 42.5 Å². The molecule has 3 nitrogen and oxygen atoms in total. The molecule has 122 valence electrons. The van der Waals surface area contributed by atoms with Crippen LogP contribution in [0.25, 0.3) is 0 Å². The molecule has 0 spiro atoms. The standard InChI is InChI=1S/C15H11Cl2F3N2O/c16-11-4-1-9(2-5-11)8-21-14(23)22-13-7-10(15(18,19)20)3-6-12(13)17/h1-7H,8H2,(H2,21,22,23). The maximum Gasteiger partial charge on any atom is 0.416 e. The number of urea groups is 1. The molecule has 2 rings (SSSR count). The number of nitrogens with one attached hydrogen (secondary N) is 2. The number of carbonyl (C=O) groups is 1. The molecule has 0 aliphatic rings. The van der Waals surface area contributed by atoms with E-state index < -0.39 is 17.8 Å². The van der Waals surface area contributed by atoms with Crippen molar-refractivity contribution in [1.82, 2.24) is 5.32 Å². The van der Waals surface area contributed by atoms with E-state index in [9.17, 15) is 18.0 Å². The average Bonchev–Trinajstić information content (AvgIpc) is 2.48. The van der Waals surface area contributed by atoms with E-state index in [-0.39, 0.29) is 17.3 Å². The van der Waals surface area contributed by atoms with Crippen LogP contribution in [-0.2, 0) is 12.7 Å². The summed E-state index contributed by atoms with van der Waals surface area (Å²) in [5, 5.41) is 5.39. The van der Waals surface area contributed by atoms with Gasteiger partial charge in [0, 0.05) is 11.6 Å². The third kappa shape index (κ3) is 5.04. The summed E-state index contributed by atoms with van der Waals surface area (Å²) in [5.41, 5.74) is -0.218. The van der Waals surface area contributed by atoms with Crippen LogP contribution in [0, 0.1) is 0 Å². The number of rotatable bonds is 3. The van der Waals surface area contributed by atoms with Gasteiger partial charge in [0.15, 0.2) is 0 Å². The van der Waals surface area contributed by atoms with Crippen molar-refractivity contribution < 1.29 is 18.0 Å². The monoisotopic (exact) mass is 362 g/mol. The first-order valence-corrected chi connectivity index (χ1v) is 7.17. The first-order chi connectivity index (χ1) is 10.8. The molecular weight excluding hydrogens is 352 g/mol. The van der Waals surface area contributed by atoms with Crippen LogP contribution < -0.4 is 10.6 Å². The molecule has 2 aromatic carbocycles. The molecule has 0 radical (unpaired) electrons. The van der Waals surface area contributed by atoms with Crippen molar-refractivity contribution in [1.29, 1.82) is 0 Å². The Morgan fingerprint density at radius 3 is 2.30 bits per heavy atom. The molecule has 0 aromatic heterocycles. The second-order valence-corrected chi connectivity index (χ2v) is 5.47. The average molecular weight is 363 g/mol. The highest BCUT2D eigenvalue weighted by Gasteiger charge is 2.31.